The number of hydrogen-bond acceptors (Lipinski definition) is 2. The van der Waals surface area contributed by atoms with E-state index in [-0.39, 0.29) is 0 Å². The van der Waals surface area contributed by atoms with Gasteiger partial charge in [-0.1, -0.05) is 20.8 Å². The van der Waals surface area contributed by atoms with Crippen molar-refractivity contribution in [3.8, 4) is 0 Å². The van der Waals surface area contributed by atoms with E-state index in [1.807, 2.05) is 0 Å². The van der Waals surface area contributed by atoms with E-state index in [1.54, 1.807) is 0 Å². The van der Waals surface area contributed by atoms with Gasteiger partial charge in [0.2, 0.25) is 0 Å². The van der Waals surface area contributed by atoms with Gasteiger partial charge in [-0.25, -0.2) is 0 Å². The van der Waals surface area contributed by atoms with Crippen LogP contribution in [0.5, 0.6) is 0 Å². The third kappa shape index (κ3) is 5.04. The molecule has 0 radical (unpaired) electrons. The molecule has 0 aliphatic carbocycles. The highest BCUT2D eigenvalue weighted by molar-refractivity contribution is 4.81. The molecular formula is C18H36N2. The highest BCUT2D eigenvalue weighted by Gasteiger charge is 2.25. The first-order valence-electron chi connectivity index (χ1n) is 9.14. The first-order valence-corrected chi connectivity index (χ1v) is 9.14. The van der Waals surface area contributed by atoms with Crippen molar-refractivity contribution in [2.75, 3.05) is 26.2 Å². The summed E-state index contributed by atoms with van der Waals surface area (Å²) >= 11 is 0. The van der Waals surface area contributed by atoms with Gasteiger partial charge in [0.1, 0.15) is 0 Å². The van der Waals surface area contributed by atoms with Crippen molar-refractivity contribution in [2.45, 2.75) is 71.8 Å². The minimum Gasteiger partial charge on any atom is -0.314 e. The molecule has 0 amide bonds. The van der Waals surface area contributed by atoms with E-state index in [0.29, 0.717) is 0 Å². The lowest BCUT2D eigenvalue weighted by Crippen LogP contribution is -2.40. The largest absolute Gasteiger partial charge is 0.314 e. The molecule has 2 rings (SSSR count). The van der Waals surface area contributed by atoms with Crippen molar-refractivity contribution in [3.05, 3.63) is 0 Å². The lowest BCUT2D eigenvalue weighted by molar-refractivity contribution is 0.168. The van der Waals surface area contributed by atoms with Crippen molar-refractivity contribution in [2.24, 2.45) is 17.8 Å². The summed E-state index contributed by atoms with van der Waals surface area (Å²) in [5.41, 5.74) is 0. The van der Waals surface area contributed by atoms with Gasteiger partial charge in [0.25, 0.3) is 0 Å². The maximum atomic E-state index is 3.76. The Balaban J connectivity index is 1.63. The molecule has 2 nitrogen and oxygen atoms in total. The van der Waals surface area contributed by atoms with E-state index in [1.165, 1.54) is 71.1 Å². The van der Waals surface area contributed by atoms with Crippen LogP contribution in [0.25, 0.3) is 0 Å². The summed E-state index contributed by atoms with van der Waals surface area (Å²) in [6.07, 6.45) is 9.90. The molecule has 0 spiro atoms. The second-order valence-corrected chi connectivity index (χ2v) is 7.54. The number of likely N-dealkylation sites (tertiary alicyclic amines) is 1. The second-order valence-electron chi connectivity index (χ2n) is 7.54. The molecule has 2 heteroatoms. The van der Waals surface area contributed by atoms with E-state index in [4.69, 9.17) is 0 Å². The molecule has 0 aromatic heterocycles. The predicted molar refractivity (Wildman–Crippen MR) is 88.0 cm³/mol. The van der Waals surface area contributed by atoms with Gasteiger partial charge in [-0.2, -0.15) is 0 Å². The van der Waals surface area contributed by atoms with Crippen LogP contribution < -0.4 is 5.32 Å². The van der Waals surface area contributed by atoms with Gasteiger partial charge in [0.05, 0.1) is 0 Å². The summed E-state index contributed by atoms with van der Waals surface area (Å²) in [5, 5.41) is 3.76. The predicted octanol–water partition coefficient (Wildman–Crippen LogP) is 3.91. The summed E-state index contributed by atoms with van der Waals surface area (Å²) in [5.74, 6) is 2.84. The minimum absolute atomic E-state index is 0.810. The van der Waals surface area contributed by atoms with Crippen LogP contribution in [0.15, 0.2) is 0 Å². The molecule has 2 fully saturated rings. The SMILES string of the molecule is CCCN1CCC(CCC2CC(C(C)C)CCN2)CC1. The van der Waals surface area contributed by atoms with Crippen molar-refractivity contribution in [1.29, 1.82) is 0 Å². The molecule has 2 atom stereocenters. The van der Waals surface area contributed by atoms with Crippen molar-refractivity contribution >= 4 is 0 Å². The fraction of sp³-hybridized carbons (Fsp3) is 1.00. The molecule has 118 valence electrons. The van der Waals surface area contributed by atoms with Crippen LogP contribution in [0.2, 0.25) is 0 Å². The van der Waals surface area contributed by atoms with Crippen molar-refractivity contribution < 1.29 is 0 Å². The normalized spacial score (nSPS) is 30.0. The quantitative estimate of drug-likeness (QED) is 0.793. The van der Waals surface area contributed by atoms with E-state index in [2.05, 4.69) is 31.0 Å². The molecule has 2 aliphatic rings. The average Bonchev–Trinajstić information content (AvgIpc) is 2.47. The van der Waals surface area contributed by atoms with Gasteiger partial charge in [-0.3, -0.25) is 0 Å². The molecule has 0 bridgehead atoms. The Labute approximate surface area is 126 Å². The van der Waals surface area contributed by atoms with Crippen LogP contribution in [0.3, 0.4) is 0 Å². The summed E-state index contributed by atoms with van der Waals surface area (Å²) < 4.78 is 0. The monoisotopic (exact) mass is 280 g/mol. The van der Waals surface area contributed by atoms with Gasteiger partial charge >= 0.3 is 0 Å². The smallest absolute Gasteiger partial charge is 0.00699 e. The molecule has 2 unspecified atom stereocenters. The highest BCUT2D eigenvalue weighted by atomic mass is 15.1. The van der Waals surface area contributed by atoms with E-state index in [9.17, 15) is 0 Å². The second kappa shape index (κ2) is 8.38. The third-order valence-corrected chi connectivity index (χ3v) is 5.65. The summed E-state index contributed by atoms with van der Waals surface area (Å²) in [7, 11) is 0. The Morgan fingerprint density at radius 2 is 1.85 bits per heavy atom. The molecule has 2 aliphatic heterocycles. The molecule has 1 N–H and O–H groups in total. The maximum Gasteiger partial charge on any atom is 0.00699 e. The lowest BCUT2D eigenvalue weighted by Gasteiger charge is -2.35. The lowest BCUT2D eigenvalue weighted by atomic mass is 9.81. The molecule has 2 heterocycles. The molecule has 0 saturated carbocycles. The van der Waals surface area contributed by atoms with Crippen LogP contribution in [0.4, 0.5) is 0 Å². The third-order valence-electron chi connectivity index (χ3n) is 5.65. The zero-order valence-corrected chi connectivity index (χ0v) is 14.0. The number of nitrogens with zero attached hydrogens (tertiary/aromatic N) is 1. The van der Waals surface area contributed by atoms with Crippen molar-refractivity contribution in [3.63, 3.8) is 0 Å². The van der Waals surface area contributed by atoms with E-state index in [0.717, 1.165) is 23.8 Å². The fourth-order valence-corrected chi connectivity index (χ4v) is 4.12. The van der Waals surface area contributed by atoms with Crippen LogP contribution in [0, 0.1) is 17.8 Å². The van der Waals surface area contributed by atoms with E-state index >= 15 is 0 Å². The highest BCUT2D eigenvalue weighted by Crippen LogP contribution is 2.28. The molecule has 2 saturated heterocycles. The van der Waals surface area contributed by atoms with Crippen LogP contribution in [-0.2, 0) is 0 Å². The van der Waals surface area contributed by atoms with Gasteiger partial charge in [-0.15, -0.1) is 0 Å². The Kier molecular flexibility index (Phi) is 6.83. The number of nitrogens with one attached hydrogen (secondary N) is 1. The zero-order chi connectivity index (χ0) is 14.4. The summed E-state index contributed by atoms with van der Waals surface area (Å²) in [4.78, 5) is 2.66. The number of piperidine rings is 2. The minimum atomic E-state index is 0.810. The first kappa shape index (κ1) is 16.3. The van der Waals surface area contributed by atoms with Crippen LogP contribution in [0.1, 0.15) is 65.7 Å². The summed E-state index contributed by atoms with van der Waals surface area (Å²) in [6.45, 7) is 12.4. The summed E-state index contributed by atoms with van der Waals surface area (Å²) in [6, 6.07) is 0.810. The van der Waals surface area contributed by atoms with E-state index < -0.39 is 0 Å². The topological polar surface area (TPSA) is 15.3 Å². The maximum absolute atomic E-state index is 3.76. The molecule has 20 heavy (non-hydrogen) atoms. The Bertz CT molecular complexity index is 256. The van der Waals surface area contributed by atoms with Gasteiger partial charge in [0.15, 0.2) is 0 Å². The van der Waals surface area contributed by atoms with Gasteiger partial charge < -0.3 is 10.2 Å². The molecular weight excluding hydrogens is 244 g/mol. The number of hydrogen-bond donors (Lipinski definition) is 1. The zero-order valence-electron chi connectivity index (χ0n) is 14.0. The van der Waals surface area contributed by atoms with Crippen LogP contribution in [-0.4, -0.2) is 37.1 Å². The average molecular weight is 281 g/mol. The number of rotatable bonds is 6. The van der Waals surface area contributed by atoms with Gasteiger partial charge in [0, 0.05) is 6.04 Å². The Morgan fingerprint density at radius 3 is 2.50 bits per heavy atom. The van der Waals surface area contributed by atoms with Gasteiger partial charge in [-0.05, 0) is 88.9 Å². The first-order chi connectivity index (χ1) is 9.69. The Morgan fingerprint density at radius 1 is 1.10 bits per heavy atom. The van der Waals surface area contributed by atoms with Crippen molar-refractivity contribution in [1.82, 2.24) is 10.2 Å². The fourth-order valence-electron chi connectivity index (χ4n) is 4.12. The Hall–Kier alpha value is -0.0800. The molecule has 0 aromatic carbocycles. The molecule has 0 aromatic rings. The van der Waals surface area contributed by atoms with Crippen LogP contribution >= 0.6 is 0 Å². The standard InChI is InChI=1S/C18H36N2/c1-4-11-20-12-8-16(9-13-20)5-6-18-14-17(15(2)3)7-10-19-18/h15-19H,4-14H2,1-3H3.